The highest BCUT2D eigenvalue weighted by atomic mass is 15.2. The number of piperidine rings is 1. The number of hydrogen-bond acceptors (Lipinski definition) is 2. The van der Waals surface area contributed by atoms with Gasteiger partial charge in [-0.05, 0) is 31.2 Å². The van der Waals surface area contributed by atoms with Gasteiger partial charge in [-0.2, -0.15) is 0 Å². The normalized spacial score (nSPS) is 34.2. The maximum atomic E-state index is 6.08. The summed E-state index contributed by atoms with van der Waals surface area (Å²) in [6, 6.07) is 12.7. The second-order valence-electron chi connectivity index (χ2n) is 5.27. The Morgan fingerprint density at radius 1 is 1.06 bits per heavy atom. The first-order valence-corrected chi connectivity index (χ1v) is 6.38. The second kappa shape index (κ2) is 4.19. The van der Waals surface area contributed by atoms with Crippen LogP contribution in [-0.4, -0.2) is 23.0 Å². The number of benzene rings is 1. The van der Waals surface area contributed by atoms with Crippen LogP contribution in [0.5, 0.6) is 0 Å². The molecule has 1 aromatic rings. The molecule has 2 aliphatic heterocycles. The third-order valence-electron chi connectivity index (χ3n) is 4.13. The first-order chi connectivity index (χ1) is 7.83. The minimum absolute atomic E-state index is 0.449. The van der Waals surface area contributed by atoms with Gasteiger partial charge in [-0.1, -0.05) is 30.3 Å². The Balaban J connectivity index is 1.72. The lowest BCUT2D eigenvalue weighted by Crippen LogP contribution is -2.46. The predicted octanol–water partition coefficient (Wildman–Crippen LogP) is 2.14. The lowest BCUT2D eigenvalue weighted by molar-refractivity contribution is 0.120. The Morgan fingerprint density at radius 3 is 2.31 bits per heavy atom. The van der Waals surface area contributed by atoms with Crippen molar-refractivity contribution >= 4 is 0 Å². The molecule has 0 unspecified atom stereocenters. The third-order valence-corrected chi connectivity index (χ3v) is 4.13. The van der Waals surface area contributed by atoms with Crippen molar-refractivity contribution in [1.29, 1.82) is 0 Å². The van der Waals surface area contributed by atoms with Gasteiger partial charge in [-0.3, -0.25) is 4.90 Å². The molecular weight excluding hydrogens is 196 g/mol. The van der Waals surface area contributed by atoms with Crippen LogP contribution in [-0.2, 0) is 6.54 Å². The molecule has 2 heterocycles. The van der Waals surface area contributed by atoms with Gasteiger partial charge in [0.15, 0.2) is 0 Å². The van der Waals surface area contributed by atoms with E-state index in [0.717, 1.165) is 18.6 Å². The fourth-order valence-electron chi connectivity index (χ4n) is 3.37. The zero-order valence-electron chi connectivity index (χ0n) is 9.68. The smallest absolute Gasteiger partial charge is 0.0239 e. The lowest BCUT2D eigenvalue weighted by atomic mass is 9.97. The molecule has 0 amide bonds. The van der Waals surface area contributed by atoms with Gasteiger partial charge in [-0.25, -0.2) is 0 Å². The highest BCUT2D eigenvalue weighted by Crippen LogP contribution is 2.35. The van der Waals surface area contributed by atoms with Crippen molar-refractivity contribution in [3.63, 3.8) is 0 Å². The van der Waals surface area contributed by atoms with Crippen LogP contribution in [0.15, 0.2) is 30.3 Å². The van der Waals surface area contributed by atoms with Crippen LogP contribution in [0.2, 0.25) is 0 Å². The molecule has 2 heteroatoms. The highest BCUT2D eigenvalue weighted by molar-refractivity contribution is 5.15. The fraction of sp³-hybridized carbons (Fsp3) is 0.571. The zero-order chi connectivity index (χ0) is 11.0. The average molecular weight is 216 g/mol. The maximum Gasteiger partial charge on any atom is 0.0239 e. The van der Waals surface area contributed by atoms with Gasteiger partial charge in [0.1, 0.15) is 0 Å². The van der Waals surface area contributed by atoms with Gasteiger partial charge < -0.3 is 5.73 Å². The van der Waals surface area contributed by atoms with Crippen LogP contribution in [0.4, 0.5) is 0 Å². The number of fused-ring (bicyclic) bond motifs is 2. The van der Waals surface area contributed by atoms with Crippen LogP contribution >= 0.6 is 0 Å². The van der Waals surface area contributed by atoms with Crippen LogP contribution < -0.4 is 5.73 Å². The van der Waals surface area contributed by atoms with E-state index in [0.29, 0.717) is 6.04 Å². The summed E-state index contributed by atoms with van der Waals surface area (Å²) in [5.74, 6) is 0. The van der Waals surface area contributed by atoms with E-state index < -0.39 is 0 Å². The van der Waals surface area contributed by atoms with Crippen molar-refractivity contribution in [3.8, 4) is 0 Å². The summed E-state index contributed by atoms with van der Waals surface area (Å²) in [4.78, 5) is 2.68. The molecule has 0 spiro atoms. The molecule has 2 atom stereocenters. The molecule has 2 nitrogen and oxygen atoms in total. The van der Waals surface area contributed by atoms with Gasteiger partial charge >= 0.3 is 0 Å². The molecule has 2 bridgehead atoms. The lowest BCUT2D eigenvalue weighted by Gasteiger charge is -2.37. The molecule has 1 aromatic carbocycles. The van der Waals surface area contributed by atoms with Crippen molar-refractivity contribution < 1.29 is 0 Å². The number of nitrogens with two attached hydrogens (primary N) is 1. The van der Waals surface area contributed by atoms with E-state index in [4.69, 9.17) is 5.73 Å². The summed E-state index contributed by atoms with van der Waals surface area (Å²) in [5.41, 5.74) is 7.52. The van der Waals surface area contributed by atoms with Crippen LogP contribution in [0.3, 0.4) is 0 Å². The molecule has 0 radical (unpaired) electrons. The number of hydrogen-bond donors (Lipinski definition) is 1. The molecular formula is C14H20N2. The van der Waals surface area contributed by atoms with Crippen molar-refractivity contribution in [2.75, 3.05) is 0 Å². The van der Waals surface area contributed by atoms with Gasteiger partial charge in [0.2, 0.25) is 0 Å². The van der Waals surface area contributed by atoms with Gasteiger partial charge in [0.05, 0.1) is 0 Å². The first-order valence-electron chi connectivity index (χ1n) is 6.38. The Bertz CT molecular complexity index is 335. The summed E-state index contributed by atoms with van der Waals surface area (Å²) in [6.07, 6.45) is 5.10. The summed E-state index contributed by atoms with van der Waals surface area (Å²) >= 11 is 0. The van der Waals surface area contributed by atoms with Crippen molar-refractivity contribution in [2.45, 2.75) is 50.4 Å². The number of nitrogens with zero attached hydrogens (tertiary/aromatic N) is 1. The van der Waals surface area contributed by atoms with Gasteiger partial charge in [0, 0.05) is 24.7 Å². The molecule has 0 aliphatic carbocycles. The quantitative estimate of drug-likeness (QED) is 0.820. The Morgan fingerprint density at radius 2 is 1.69 bits per heavy atom. The average Bonchev–Trinajstić information content (AvgIpc) is 2.54. The predicted molar refractivity (Wildman–Crippen MR) is 66.0 cm³/mol. The van der Waals surface area contributed by atoms with E-state index in [9.17, 15) is 0 Å². The van der Waals surface area contributed by atoms with Gasteiger partial charge in [-0.15, -0.1) is 0 Å². The van der Waals surface area contributed by atoms with E-state index in [-0.39, 0.29) is 0 Å². The SMILES string of the molecule is NC1C[C@H]2CC[C@H](C1)N2Cc1ccccc1. The van der Waals surface area contributed by atoms with Crippen molar-refractivity contribution in [1.82, 2.24) is 4.90 Å². The second-order valence-corrected chi connectivity index (χ2v) is 5.27. The maximum absolute atomic E-state index is 6.08. The highest BCUT2D eigenvalue weighted by Gasteiger charge is 2.39. The molecule has 0 saturated carbocycles. The third kappa shape index (κ3) is 1.87. The van der Waals surface area contributed by atoms with Gasteiger partial charge in [0.25, 0.3) is 0 Å². The monoisotopic (exact) mass is 216 g/mol. The summed E-state index contributed by atoms with van der Waals surface area (Å²) < 4.78 is 0. The summed E-state index contributed by atoms with van der Waals surface area (Å²) in [7, 11) is 0. The Hall–Kier alpha value is -0.860. The van der Waals surface area contributed by atoms with Crippen molar-refractivity contribution in [2.24, 2.45) is 5.73 Å². The van der Waals surface area contributed by atoms with E-state index in [1.165, 1.54) is 31.2 Å². The van der Waals surface area contributed by atoms with Crippen LogP contribution in [0, 0.1) is 0 Å². The molecule has 2 aliphatic rings. The zero-order valence-corrected chi connectivity index (χ0v) is 9.68. The Kier molecular flexibility index (Phi) is 2.70. The van der Waals surface area contributed by atoms with Crippen molar-refractivity contribution in [3.05, 3.63) is 35.9 Å². The standard InChI is InChI=1S/C14H20N2/c15-12-8-13-6-7-14(9-12)16(13)10-11-4-2-1-3-5-11/h1-5,12-14H,6-10,15H2/t13-,14-/m1/s1. The summed E-state index contributed by atoms with van der Waals surface area (Å²) in [6.45, 7) is 1.11. The molecule has 2 saturated heterocycles. The first kappa shape index (κ1) is 10.3. The van der Waals surface area contributed by atoms with Crippen LogP contribution in [0.25, 0.3) is 0 Å². The topological polar surface area (TPSA) is 29.3 Å². The van der Waals surface area contributed by atoms with E-state index >= 15 is 0 Å². The molecule has 3 rings (SSSR count). The molecule has 0 aromatic heterocycles. The molecule has 86 valence electrons. The minimum atomic E-state index is 0.449. The largest absolute Gasteiger partial charge is 0.328 e. The van der Waals surface area contributed by atoms with E-state index in [1.54, 1.807) is 0 Å². The molecule has 2 fully saturated rings. The fourth-order valence-corrected chi connectivity index (χ4v) is 3.37. The van der Waals surface area contributed by atoms with E-state index in [1.807, 2.05) is 0 Å². The van der Waals surface area contributed by atoms with E-state index in [2.05, 4.69) is 35.2 Å². The molecule has 16 heavy (non-hydrogen) atoms. The number of rotatable bonds is 2. The molecule has 2 N–H and O–H groups in total. The summed E-state index contributed by atoms with van der Waals surface area (Å²) in [5, 5.41) is 0. The Labute approximate surface area is 97.4 Å². The van der Waals surface area contributed by atoms with Crippen LogP contribution in [0.1, 0.15) is 31.2 Å². The minimum Gasteiger partial charge on any atom is -0.328 e.